The highest BCUT2D eigenvalue weighted by Crippen LogP contribution is 2.18. The molecule has 0 aliphatic rings. The van der Waals surface area contributed by atoms with Crippen LogP contribution in [0, 0.1) is 19.7 Å². The molecule has 1 aromatic heterocycles. The van der Waals surface area contributed by atoms with Crippen LogP contribution in [0.25, 0.3) is 5.69 Å². The van der Waals surface area contributed by atoms with Gasteiger partial charge in [0.2, 0.25) is 0 Å². The fourth-order valence-corrected chi connectivity index (χ4v) is 2.03. The molecular weight excluding hydrogens is 229 g/mol. The van der Waals surface area contributed by atoms with Gasteiger partial charge in [0.25, 0.3) is 0 Å². The SMILES string of the molecule is CCNCc1cc(F)ccc1-n1nc(C)cc1C. The quantitative estimate of drug-likeness (QED) is 0.900. The molecular formula is C14H18FN3. The zero-order chi connectivity index (χ0) is 13.1. The van der Waals surface area contributed by atoms with Gasteiger partial charge in [-0.1, -0.05) is 6.92 Å². The van der Waals surface area contributed by atoms with Crippen molar-refractivity contribution in [3.05, 3.63) is 47.0 Å². The van der Waals surface area contributed by atoms with E-state index >= 15 is 0 Å². The fraction of sp³-hybridized carbons (Fsp3) is 0.357. The van der Waals surface area contributed by atoms with Crippen molar-refractivity contribution in [2.45, 2.75) is 27.3 Å². The summed E-state index contributed by atoms with van der Waals surface area (Å²) in [4.78, 5) is 0. The van der Waals surface area contributed by atoms with Gasteiger partial charge in [0.15, 0.2) is 0 Å². The minimum atomic E-state index is -0.215. The van der Waals surface area contributed by atoms with Crippen molar-refractivity contribution >= 4 is 0 Å². The zero-order valence-corrected chi connectivity index (χ0v) is 11.0. The van der Waals surface area contributed by atoms with Crippen molar-refractivity contribution < 1.29 is 4.39 Å². The topological polar surface area (TPSA) is 29.9 Å². The summed E-state index contributed by atoms with van der Waals surface area (Å²) in [5.74, 6) is -0.215. The van der Waals surface area contributed by atoms with E-state index in [-0.39, 0.29) is 5.82 Å². The molecule has 3 nitrogen and oxygen atoms in total. The fourth-order valence-electron chi connectivity index (χ4n) is 2.03. The molecule has 18 heavy (non-hydrogen) atoms. The molecule has 0 spiro atoms. The number of hydrogen-bond acceptors (Lipinski definition) is 2. The summed E-state index contributed by atoms with van der Waals surface area (Å²) in [5.41, 5.74) is 3.87. The third kappa shape index (κ3) is 2.59. The third-order valence-corrected chi connectivity index (χ3v) is 2.84. The molecule has 0 saturated heterocycles. The van der Waals surface area contributed by atoms with Crippen LogP contribution in [0.5, 0.6) is 0 Å². The maximum absolute atomic E-state index is 13.3. The van der Waals surface area contributed by atoms with Crippen LogP contribution in [0.1, 0.15) is 23.9 Å². The standard InChI is InChI=1S/C14H18FN3/c1-4-16-9-12-8-13(15)5-6-14(12)18-11(3)7-10(2)17-18/h5-8,16H,4,9H2,1-3H3. The summed E-state index contributed by atoms with van der Waals surface area (Å²) in [7, 11) is 0. The van der Waals surface area contributed by atoms with E-state index in [1.807, 2.05) is 31.5 Å². The van der Waals surface area contributed by atoms with Gasteiger partial charge >= 0.3 is 0 Å². The van der Waals surface area contributed by atoms with Crippen LogP contribution in [0.4, 0.5) is 4.39 Å². The molecule has 0 bridgehead atoms. The van der Waals surface area contributed by atoms with E-state index in [0.717, 1.165) is 29.2 Å². The van der Waals surface area contributed by atoms with Crippen molar-refractivity contribution in [1.29, 1.82) is 0 Å². The number of nitrogens with zero attached hydrogens (tertiary/aromatic N) is 2. The molecule has 0 aliphatic carbocycles. The molecule has 4 heteroatoms. The predicted octanol–water partition coefficient (Wildman–Crippen LogP) is 2.74. The molecule has 0 unspecified atom stereocenters. The van der Waals surface area contributed by atoms with E-state index in [1.54, 1.807) is 12.1 Å². The van der Waals surface area contributed by atoms with Gasteiger partial charge < -0.3 is 5.32 Å². The Morgan fingerprint density at radius 1 is 1.28 bits per heavy atom. The Bertz CT molecular complexity index is 546. The summed E-state index contributed by atoms with van der Waals surface area (Å²) < 4.78 is 15.2. The van der Waals surface area contributed by atoms with Gasteiger partial charge in [-0.3, -0.25) is 0 Å². The largest absolute Gasteiger partial charge is 0.313 e. The van der Waals surface area contributed by atoms with Crippen LogP contribution in [0.2, 0.25) is 0 Å². The van der Waals surface area contributed by atoms with Gasteiger partial charge in [-0.2, -0.15) is 5.10 Å². The van der Waals surface area contributed by atoms with Crippen LogP contribution in [-0.4, -0.2) is 16.3 Å². The highest BCUT2D eigenvalue weighted by molar-refractivity contribution is 5.42. The maximum Gasteiger partial charge on any atom is 0.123 e. The Morgan fingerprint density at radius 2 is 2.06 bits per heavy atom. The average molecular weight is 247 g/mol. The monoisotopic (exact) mass is 247 g/mol. The Kier molecular flexibility index (Phi) is 3.77. The predicted molar refractivity (Wildman–Crippen MR) is 70.4 cm³/mol. The highest BCUT2D eigenvalue weighted by Gasteiger charge is 2.09. The van der Waals surface area contributed by atoms with Gasteiger partial charge in [0, 0.05) is 12.2 Å². The Labute approximate surface area is 107 Å². The van der Waals surface area contributed by atoms with Crippen LogP contribution < -0.4 is 5.32 Å². The van der Waals surface area contributed by atoms with Crippen molar-refractivity contribution in [3.63, 3.8) is 0 Å². The lowest BCUT2D eigenvalue weighted by Gasteiger charge is -2.11. The smallest absolute Gasteiger partial charge is 0.123 e. The van der Waals surface area contributed by atoms with Gasteiger partial charge in [0.05, 0.1) is 11.4 Å². The third-order valence-electron chi connectivity index (χ3n) is 2.84. The van der Waals surface area contributed by atoms with Gasteiger partial charge in [-0.05, 0) is 50.2 Å². The lowest BCUT2D eigenvalue weighted by Crippen LogP contribution is -2.15. The first-order valence-electron chi connectivity index (χ1n) is 6.14. The van der Waals surface area contributed by atoms with Gasteiger partial charge in [-0.25, -0.2) is 9.07 Å². The van der Waals surface area contributed by atoms with Crippen molar-refractivity contribution in [3.8, 4) is 5.69 Å². The van der Waals surface area contributed by atoms with E-state index in [1.165, 1.54) is 6.07 Å². The van der Waals surface area contributed by atoms with E-state index in [2.05, 4.69) is 10.4 Å². The Hall–Kier alpha value is -1.68. The van der Waals surface area contributed by atoms with Gasteiger partial charge in [-0.15, -0.1) is 0 Å². The second-order valence-corrected chi connectivity index (χ2v) is 4.39. The molecule has 0 saturated carbocycles. The minimum absolute atomic E-state index is 0.215. The summed E-state index contributed by atoms with van der Waals surface area (Å²) >= 11 is 0. The van der Waals surface area contributed by atoms with Crippen molar-refractivity contribution in [1.82, 2.24) is 15.1 Å². The second kappa shape index (κ2) is 5.31. The second-order valence-electron chi connectivity index (χ2n) is 4.39. The van der Waals surface area contributed by atoms with Crippen LogP contribution in [0.15, 0.2) is 24.3 Å². The molecule has 0 aliphatic heterocycles. The molecule has 0 radical (unpaired) electrons. The number of nitrogens with one attached hydrogen (secondary N) is 1. The number of aromatic nitrogens is 2. The molecule has 0 amide bonds. The molecule has 2 aromatic rings. The van der Waals surface area contributed by atoms with E-state index in [0.29, 0.717) is 6.54 Å². The van der Waals surface area contributed by atoms with E-state index < -0.39 is 0 Å². The molecule has 96 valence electrons. The van der Waals surface area contributed by atoms with Crippen molar-refractivity contribution in [2.24, 2.45) is 0 Å². The number of benzene rings is 1. The summed E-state index contributed by atoms with van der Waals surface area (Å²) in [6.07, 6.45) is 0. The molecule has 0 fully saturated rings. The zero-order valence-electron chi connectivity index (χ0n) is 11.0. The van der Waals surface area contributed by atoms with Crippen LogP contribution >= 0.6 is 0 Å². The van der Waals surface area contributed by atoms with Gasteiger partial charge in [0.1, 0.15) is 5.82 Å². The molecule has 1 aromatic carbocycles. The number of hydrogen-bond donors (Lipinski definition) is 1. The molecule has 0 atom stereocenters. The van der Waals surface area contributed by atoms with E-state index in [4.69, 9.17) is 0 Å². The van der Waals surface area contributed by atoms with Crippen molar-refractivity contribution in [2.75, 3.05) is 6.54 Å². The molecule has 1 N–H and O–H groups in total. The number of halogens is 1. The summed E-state index contributed by atoms with van der Waals surface area (Å²) in [6, 6.07) is 6.83. The first-order valence-corrected chi connectivity index (χ1v) is 6.14. The first kappa shape index (κ1) is 12.8. The normalized spacial score (nSPS) is 10.9. The number of rotatable bonds is 4. The summed E-state index contributed by atoms with van der Waals surface area (Å²) in [5, 5.41) is 7.67. The highest BCUT2D eigenvalue weighted by atomic mass is 19.1. The van der Waals surface area contributed by atoms with Crippen LogP contribution in [0.3, 0.4) is 0 Å². The average Bonchev–Trinajstić information content (AvgIpc) is 2.66. The molecule has 2 rings (SSSR count). The number of aryl methyl sites for hydroxylation is 2. The lowest BCUT2D eigenvalue weighted by molar-refractivity contribution is 0.619. The Balaban J connectivity index is 2.46. The maximum atomic E-state index is 13.3. The van der Waals surface area contributed by atoms with E-state index in [9.17, 15) is 4.39 Å². The van der Waals surface area contributed by atoms with Crippen LogP contribution in [-0.2, 0) is 6.54 Å². The summed E-state index contributed by atoms with van der Waals surface area (Å²) in [6.45, 7) is 7.48. The first-order chi connectivity index (χ1) is 8.61. The Morgan fingerprint density at radius 3 is 2.67 bits per heavy atom. The molecule has 1 heterocycles. The minimum Gasteiger partial charge on any atom is -0.313 e. The lowest BCUT2D eigenvalue weighted by atomic mass is 10.1.